The average Bonchev–Trinajstić information content (AvgIpc) is 3.64. The molecule has 6 rings (SSSR count). The number of rotatable bonds is 7. The number of nitrogens with zero attached hydrogens (tertiary/aromatic N) is 3. The summed E-state index contributed by atoms with van der Waals surface area (Å²) >= 11 is 0. The number of alkyl halides is 6. The lowest BCUT2D eigenvalue weighted by Gasteiger charge is -2.38. The lowest BCUT2D eigenvalue weighted by Crippen LogP contribution is -2.49. The Balaban J connectivity index is 1.39. The van der Waals surface area contributed by atoms with Gasteiger partial charge in [-0.15, -0.1) is 0 Å². The standard InChI is InChI=1S/C32H30F7N5O4/c33-23-3-1-2-22(31(34,35)36)21(23)15-43-25-17-47-30(10-12-42(13-11-30)14-20-8-9-26(48-20)32(37,38)39)27(25)28(45)44(29(43)46)16-24(41)18-4-6-19(40)7-5-18/h1-9,24H,10-17,40-41H2. The van der Waals surface area contributed by atoms with E-state index in [1.165, 1.54) is 6.07 Å². The van der Waals surface area contributed by atoms with E-state index in [0.29, 0.717) is 17.3 Å². The van der Waals surface area contributed by atoms with Crippen LogP contribution >= 0.6 is 0 Å². The third kappa shape index (κ3) is 6.26. The SMILES string of the molecule is Nc1ccc(C(N)Cn2c(=O)c3c(n(Cc4c(F)cccc4C(F)(F)F)c2=O)COC32CCN(Cc3ccc(C(F)(F)F)o3)CC2)cc1. The molecule has 0 saturated carbocycles. The molecule has 48 heavy (non-hydrogen) atoms. The topological polar surface area (TPSA) is 122 Å². The van der Waals surface area contributed by atoms with Crippen LogP contribution in [0.25, 0.3) is 0 Å². The molecule has 9 nitrogen and oxygen atoms in total. The fraction of sp³-hybridized carbons (Fsp3) is 0.375. The van der Waals surface area contributed by atoms with Gasteiger partial charge in [-0.25, -0.2) is 9.18 Å². The summed E-state index contributed by atoms with van der Waals surface area (Å²) in [6, 6.07) is 10.0. The van der Waals surface area contributed by atoms with Crippen LogP contribution in [0.15, 0.2) is 68.6 Å². The molecule has 2 aliphatic rings. The number of anilines is 1. The zero-order valence-corrected chi connectivity index (χ0v) is 25.2. The highest BCUT2D eigenvalue weighted by Crippen LogP contribution is 2.43. The van der Waals surface area contributed by atoms with Crippen molar-refractivity contribution in [1.29, 1.82) is 0 Å². The summed E-state index contributed by atoms with van der Waals surface area (Å²) in [5.41, 5.74) is 8.14. The summed E-state index contributed by atoms with van der Waals surface area (Å²) in [7, 11) is 0. The van der Waals surface area contributed by atoms with E-state index in [4.69, 9.17) is 20.6 Å². The van der Waals surface area contributed by atoms with Crippen molar-refractivity contribution >= 4 is 5.69 Å². The third-order valence-corrected chi connectivity index (χ3v) is 8.94. The number of furan rings is 1. The Bertz CT molecular complexity index is 1940. The van der Waals surface area contributed by atoms with Crippen molar-refractivity contribution in [3.05, 3.63) is 121 Å². The van der Waals surface area contributed by atoms with Gasteiger partial charge in [-0.1, -0.05) is 18.2 Å². The van der Waals surface area contributed by atoms with Gasteiger partial charge >= 0.3 is 18.0 Å². The van der Waals surface area contributed by atoms with Crippen molar-refractivity contribution in [2.75, 3.05) is 18.8 Å². The molecule has 16 heteroatoms. The molecule has 1 spiro atoms. The molecular formula is C32H30F7N5O4. The van der Waals surface area contributed by atoms with E-state index in [9.17, 15) is 35.9 Å². The Morgan fingerprint density at radius 3 is 2.19 bits per heavy atom. The zero-order chi connectivity index (χ0) is 34.6. The predicted molar refractivity (Wildman–Crippen MR) is 158 cm³/mol. The molecule has 4 heterocycles. The summed E-state index contributed by atoms with van der Waals surface area (Å²) < 4.78 is 109. The van der Waals surface area contributed by atoms with Gasteiger partial charge in [0.05, 0.1) is 43.1 Å². The maximum Gasteiger partial charge on any atom is 0.449 e. The maximum absolute atomic E-state index is 15.0. The molecule has 2 aromatic carbocycles. The molecule has 0 amide bonds. The largest absolute Gasteiger partial charge is 0.455 e. The van der Waals surface area contributed by atoms with Crippen molar-refractivity contribution in [2.45, 2.75) is 63.1 Å². The van der Waals surface area contributed by atoms with E-state index >= 15 is 4.39 Å². The van der Waals surface area contributed by atoms with Crippen molar-refractivity contribution in [2.24, 2.45) is 5.73 Å². The Morgan fingerprint density at radius 1 is 0.875 bits per heavy atom. The van der Waals surface area contributed by atoms with Crippen LogP contribution in [0.2, 0.25) is 0 Å². The van der Waals surface area contributed by atoms with Crippen LogP contribution in [-0.2, 0) is 48.9 Å². The first kappa shape index (κ1) is 33.5. The van der Waals surface area contributed by atoms with Gasteiger partial charge in [-0.2, -0.15) is 26.3 Å². The lowest BCUT2D eigenvalue weighted by atomic mass is 9.85. The summed E-state index contributed by atoms with van der Waals surface area (Å²) in [5, 5.41) is 0. The number of hydrogen-bond donors (Lipinski definition) is 2. The maximum atomic E-state index is 15.0. The van der Waals surface area contributed by atoms with Gasteiger partial charge in [-0.3, -0.25) is 18.8 Å². The fourth-order valence-corrected chi connectivity index (χ4v) is 6.44. The number of aromatic nitrogens is 2. The third-order valence-electron chi connectivity index (χ3n) is 8.94. The van der Waals surface area contributed by atoms with Crippen LogP contribution in [0.1, 0.15) is 58.4 Å². The van der Waals surface area contributed by atoms with E-state index in [1.54, 1.807) is 24.3 Å². The number of benzene rings is 2. The molecular weight excluding hydrogens is 651 g/mol. The monoisotopic (exact) mass is 681 g/mol. The highest BCUT2D eigenvalue weighted by molar-refractivity contribution is 5.40. The van der Waals surface area contributed by atoms with E-state index in [2.05, 4.69) is 0 Å². The minimum absolute atomic E-state index is 0.0213. The normalized spacial score (nSPS) is 17.2. The number of nitrogens with two attached hydrogens (primary N) is 2. The molecule has 0 aliphatic carbocycles. The number of ether oxygens (including phenoxy) is 1. The molecule has 1 saturated heterocycles. The van der Waals surface area contributed by atoms with Crippen molar-refractivity contribution in [3.8, 4) is 0 Å². The summed E-state index contributed by atoms with van der Waals surface area (Å²) in [6.45, 7) is -0.973. The van der Waals surface area contributed by atoms with Gasteiger partial charge in [0, 0.05) is 30.4 Å². The van der Waals surface area contributed by atoms with Crippen LogP contribution in [0.5, 0.6) is 0 Å². The molecule has 4 aromatic rings. The Kier molecular flexibility index (Phi) is 8.54. The van der Waals surface area contributed by atoms with Crippen molar-refractivity contribution in [3.63, 3.8) is 0 Å². The first-order valence-electron chi connectivity index (χ1n) is 14.9. The van der Waals surface area contributed by atoms with Crippen LogP contribution < -0.4 is 22.7 Å². The fourth-order valence-electron chi connectivity index (χ4n) is 6.44. The van der Waals surface area contributed by atoms with E-state index < -0.39 is 64.5 Å². The number of halogens is 7. The van der Waals surface area contributed by atoms with Gasteiger partial charge in [0.1, 0.15) is 17.2 Å². The minimum Gasteiger partial charge on any atom is -0.455 e. The summed E-state index contributed by atoms with van der Waals surface area (Å²) in [4.78, 5) is 29.9. The van der Waals surface area contributed by atoms with Crippen molar-refractivity contribution < 1.29 is 39.9 Å². The van der Waals surface area contributed by atoms with E-state index in [0.717, 1.165) is 27.3 Å². The van der Waals surface area contributed by atoms with Gasteiger partial charge in [0.25, 0.3) is 5.56 Å². The highest BCUT2D eigenvalue weighted by atomic mass is 19.4. The molecule has 2 aliphatic heterocycles. The number of likely N-dealkylation sites (tertiary alicyclic amines) is 1. The zero-order valence-electron chi connectivity index (χ0n) is 25.2. The van der Waals surface area contributed by atoms with Gasteiger partial charge in [0.2, 0.25) is 5.76 Å². The number of nitrogen functional groups attached to an aromatic ring is 1. The molecule has 1 fully saturated rings. The molecule has 256 valence electrons. The average molecular weight is 682 g/mol. The number of fused-ring (bicyclic) bond motifs is 2. The summed E-state index contributed by atoms with van der Waals surface area (Å²) in [6.07, 6.45) is -9.24. The van der Waals surface area contributed by atoms with Gasteiger partial charge in [0.15, 0.2) is 0 Å². The van der Waals surface area contributed by atoms with Crippen molar-refractivity contribution in [1.82, 2.24) is 14.0 Å². The van der Waals surface area contributed by atoms with E-state index in [1.807, 2.05) is 4.90 Å². The lowest BCUT2D eigenvalue weighted by molar-refractivity contribution is -0.153. The van der Waals surface area contributed by atoms with Crippen LogP contribution in [0.3, 0.4) is 0 Å². The molecule has 0 bridgehead atoms. The second kappa shape index (κ2) is 12.2. The summed E-state index contributed by atoms with van der Waals surface area (Å²) in [5.74, 6) is -2.22. The molecule has 2 aromatic heterocycles. The molecule has 4 N–H and O–H groups in total. The second-order valence-electron chi connectivity index (χ2n) is 12.0. The molecule has 1 atom stereocenters. The predicted octanol–water partition coefficient (Wildman–Crippen LogP) is 5.13. The minimum atomic E-state index is -4.93. The second-order valence-corrected chi connectivity index (χ2v) is 12.0. The van der Waals surface area contributed by atoms with E-state index in [-0.39, 0.29) is 62.6 Å². The highest BCUT2D eigenvalue weighted by Gasteiger charge is 2.47. The Morgan fingerprint density at radius 2 is 1.56 bits per heavy atom. The number of piperidine rings is 1. The smallest absolute Gasteiger partial charge is 0.449 e. The Labute approximate surface area is 268 Å². The van der Waals surface area contributed by atoms with Crippen LogP contribution in [0, 0.1) is 5.82 Å². The molecule has 0 radical (unpaired) electrons. The van der Waals surface area contributed by atoms with Crippen LogP contribution in [0.4, 0.5) is 36.4 Å². The molecule has 1 unspecified atom stereocenters. The van der Waals surface area contributed by atoms with Gasteiger partial charge in [-0.05, 0) is 54.8 Å². The number of hydrogen-bond acceptors (Lipinski definition) is 7. The van der Waals surface area contributed by atoms with Gasteiger partial charge < -0.3 is 20.6 Å². The van der Waals surface area contributed by atoms with Crippen LogP contribution in [-0.4, -0.2) is 27.1 Å². The first-order valence-corrected chi connectivity index (χ1v) is 14.9. The quantitative estimate of drug-likeness (QED) is 0.205. The Hall–Kier alpha value is -4.41. The first-order chi connectivity index (χ1) is 22.6.